The average Bonchev–Trinajstić information content (AvgIpc) is 2.29. The molecule has 1 aromatic carbocycles. The molecule has 0 amide bonds. The first-order valence-corrected chi connectivity index (χ1v) is 6.28. The summed E-state index contributed by atoms with van der Waals surface area (Å²) in [6.07, 6.45) is -3.61. The SMILES string of the molecule is CCN(CC)C(C)Cc1cccc(C(F)(F)F)c1.Cl. The van der Waals surface area contributed by atoms with Crippen molar-refractivity contribution in [3.63, 3.8) is 0 Å². The van der Waals surface area contributed by atoms with Crippen molar-refractivity contribution in [2.75, 3.05) is 13.1 Å². The third-order valence-electron chi connectivity index (χ3n) is 3.22. The van der Waals surface area contributed by atoms with Crippen molar-refractivity contribution in [3.05, 3.63) is 35.4 Å². The Morgan fingerprint density at radius 3 is 2.21 bits per heavy atom. The highest BCUT2D eigenvalue weighted by Crippen LogP contribution is 2.29. The zero-order chi connectivity index (χ0) is 13.8. The average molecular weight is 296 g/mol. The summed E-state index contributed by atoms with van der Waals surface area (Å²) in [6, 6.07) is 5.86. The van der Waals surface area contributed by atoms with Crippen molar-refractivity contribution < 1.29 is 13.2 Å². The summed E-state index contributed by atoms with van der Waals surface area (Å²) in [5.41, 5.74) is 0.177. The van der Waals surface area contributed by atoms with Gasteiger partial charge in [-0.05, 0) is 38.1 Å². The lowest BCUT2D eigenvalue weighted by molar-refractivity contribution is -0.137. The van der Waals surface area contributed by atoms with Crippen molar-refractivity contribution in [2.45, 2.75) is 39.4 Å². The van der Waals surface area contributed by atoms with Crippen molar-refractivity contribution >= 4 is 12.4 Å². The molecule has 110 valence electrons. The van der Waals surface area contributed by atoms with E-state index in [1.807, 2.05) is 6.92 Å². The van der Waals surface area contributed by atoms with Crippen LogP contribution in [-0.4, -0.2) is 24.0 Å². The van der Waals surface area contributed by atoms with E-state index in [1.54, 1.807) is 6.07 Å². The van der Waals surface area contributed by atoms with Crippen molar-refractivity contribution in [1.82, 2.24) is 4.90 Å². The third-order valence-corrected chi connectivity index (χ3v) is 3.22. The number of halogens is 4. The fourth-order valence-electron chi connectivity index (χ4n) is 2.19. The molecule has 0 aromatic heterocycles. The number of alkyl halides is 3. The van der Waals surface area contributed by atoms with Gasteiger partial charge in [-0.25, -0.2) is 0 Å². The standard InChI is InChI=1S/C14H20F3N.ClH/c1-4-18(5-2)11(3)9-12-7-6-8-13(10-12)14(15,16)17;/h6-8,10-11H,4-5,9H2,1-3H3;1H. The van der Waals surface area contributed by atoms with E-state index < -0.39 is 11.7 Å². The van der Waals surface area contributed by atoms with E-state index >= 15 is 0 Å². The van der Waals surface area contributed by atoms with Crippen LogP contribution in [0.1, 0.15) is 31.9 Å². The predicted molar refractivity (Wildman–Crippen MR) is 74.8 cm³/mol. The van der Waals surface area contributed by atoms with Gasteiger partial charge in [-0.3, -0.25) is 0 Å². The Morgan fingerprint density at radius 1 is 1.16 bits per heavy atom. The minimum atomic E-state index is -4.26. The molecule has 1 rings (SSSR count). The van der Waals surface area contributed by atoms with Crippen LogP contribution in [0.3, 0.4) is 0 Å². The van der Waals surface area contributed by atoms with Crippen LogP contribution in [0.25, 0.3) is 0 Å². The predicted octanol–water partition coefficient (Wildman–Crippen LogP) is 4.40. The van der Waals surface area contributed by atoms with Gasteiger partial charge in [-0.15, -0.1) is 12.4 Å². The molecule has 1 aromatic rings. The highest BCUT2D eigenvalue weighted by atomic mass is 35.5. The Kier molecular flexibility index (Phi) is 7.45. The van der Waals surface area contributed by atoms with Crippen LogP contribution < -0.4 is 0 Å². The molecular weight excluding hydrogens is 275 g/mol. The molecule has 0 aliphatic heterocycles. The van der Waals surface area contributed by atoms with Gasteiger partial charge in [0.05, 0.1) is 5.56 Å². The van der Waals surface area contributed by atoms with E-state index in [2.05, 4.69) is 18.7 Å². The summed E-state index contributed by atoms with van der Waals surface area (Å²) in [5, 5.41) is 0. The van der Waals surface area contributed by atoms with Gasteiger partial charge in [-0.2, -0.15) is 13.2 Å². The van der Waals surface area contributed by atoms with Crippen LogP contribution in [0.5, 0.6) is 0 Å². The minimum absolute atomic E-state index is 0. The van der Waals surface area contributed by atoms with Gasteiger partial charge >= 0.3 is 6.18 Å². The second kappa shape index (κ2) is 7.75. The summed E-state index contributed by atoms with van der Waals surface area (Å²) in [5.74, 6) is 0. The Bertz CT molecular complexity index is 375. The van der Waals surface area contributed by atoms with Gasteiger partial charge < -0.3 is 4.90 Å². The molecule has 0 spiro atoms. The molecule has 5 heteroatoms. The molecule has 0 bridgehead atoms. The number of benzene rings is 1. The van der Waals surface area contributed by atoms with Crippen molar-refractivity contribution in [1.29, 1.82) is 0 Å². The summed E-state index contributed by atoms with van der Waals surface area (Å²) in [6.45, 7) is 8.00. The second-order valence-electron chi connectivity index (χ2n) is 4.47. The first-order chi connectivity index (χ1) is 8.38. The first kappa shape index (κ1) is 18.3. The molecule has 1 nitrogen and oxygen atoms in total. The molecule has 0 fully saturated rings. The molecule has 1 unspecified atom stereocenters. The highest BCUT2D eigenvalue weighted by molar-refractivity contribution is 5.85. The smallest absolute Gasteiger partial charge is 0.301 e. The van der Waals surface area contributed by atoms with Crippen LogP contribution in [0.15, 0.2) is 24.3 Å². The summed E-state index contributed by atoms with van der Waals surface area (Å²) in [4.78, 5) is 2.24. The molecule has 19 heavy (non-hydrogen) atoms. The molecule has 1 atom stereocenters. The highest BCUT2D eigenvalue weighted by Gasteiger charge is 2.30. The lowest BCUT2D eigenvalue weighted by Gasteiger charge is -2.26. The summed E-state index contributed by atoms with van der Waals surface area (Å²) in [7, 11) is 0. The molecule has 0 saturated heterocycles. The van der Waals surface area contributed by atoms with Crippen LogP contribution in [0.4, 0.5) is 13.2 Å². The van der Waals surface area contributed by atoms with Gasteiger partial charge in [0.25, 0.3) is 0 Å². The van der Waals surface area contributed by atoms with Crippen molar-refractivity contribution in [3.8, 4) is 0 Å². The first-order valence-electron chi connectivity index (χ1n) is 6.28. The minimum Gasteiger partial charge on any atom is -0.301 e. The molecular formula is C14H21ClF3N. The largest absolute Gasteiger partial charge is 0.416 e. The number of rotatable bonds is 5. The quantitative estimate of drug-likeness (QED) is 0.778. The normalized spacial score (nSPS) is 13.2. The maximum atomic E-state index is 12.6. The Hall–Kier alpha value is -0.740. The van der Waals surface area contributed by atoms with Gasteiger partial charge in [0.1, 0.15) is 0 Å². The molecule has 0 heterocycles. The molecule has 0 aliphatic carbocycles. The van der Waals surface area contributed by atoms with Gasteiger partial charge in [0.15, 0.2) is 0 Å². The molecule has 0 N–H and O–H groups in total. The van der Waals surface area contributed by atoms with Crippen molar-refractivity contribution in [2.24, 2.45) is 0 Å². The molecule has 0 aliphatic rings. The maximum absolute atomic E-state index is 12.6. The van der Waals surface area contributed by atoms with Crippen LogP contribution in [-0.2, 0) is 12.6 Å². The Morgan fingerprint density at radius 2 is 1.74 bits per heavy atom. The second-order valence-corrected chi connectivity index (χ2v) is 4.47. The van der Waals surface area contributed by atoms with Crippen LogP contribution >= 0.6 is 12.4 Å². The number of nitrogens with zero attached hydrogens (tertiary/aromatic N) is 1. The molecule has 0 radical (unpaired) electrons. The topological polar surface area (TPSA) is 3.24 Å². The van der Waals surface area contributed by atoms with Gasteiger partial charge in [0, 0.05) is 6.04 Å². The summed E-state index contributed by atoms with van der Waals surface area (Å²) >= 11 is 0. The fraction of sp³-hybridized carbons (Fsp3) is 0.571. The number of likely N-dealkylation sites (N-methyl/N-ethyl adjacent to an activating group) is 1. The zero-order valence-corrected chi connectivity index (χ0v) is 12.3. The Balaban J connectivity index is 0.00000324. The van der Waals surface area contributed by atoms with E-state index in [0.29, 0.717) is 6.42 Å². The van der Waals surface area contributed by atoms with Crippen LogP contribution in [0.2, 0.25) is 0 Å². The lowest BCUT2D eigenvalue weighted by atomic mass is 10.0. The van der Waals surface area contributed by atoms with E-state index in [9.17, 15) is 13.2 Å². The van der Waals surface area contributed by atoms with E-state index in [1.165, 1.54) is 12.1 Å². The zero-order valence-electron chi connectivity index (χ0n) is 11.5. The van der Waals surface area contributed by atoms with E-state index in [-0.39, 0.29) is 18.4 Å². The van der Waals surface area contributed by atoms with E-state index in [0.717, 1.165) is 24.7 Å². The lowest BCUT2D eigenvalue weighted by Crippen LogP contribution is -2.34. The third kappa shape index (κ3) is 5.41. The van der Waals surface area contributed by atoms with E-state index in [4.69, 9.17) is 0 Å². The van der Waals surface area contributed by atoms with Gasteiger partial charge in [-0.1, -0.05) is 32.0 Å². The number of hydrogen-bond acceptors (Lipinski definition) is 1. The summed E-state index contributed by atoms with van der Waals surface area (Å²) < 4.78 is 37.8. The Labute approximate surface area is 119 Å². The monoisotopic (exact) mass is 295 g/mol. The fourth-order valence-corrected chi connectivity index (χ4v) is 2.19. The molecule has 0 saturated carbocycles. The number of hydrogen-bond donors (Lipinski definition) is 0. The maximum Gasteiger partial charge on any atom is 0.416 e. The van der Waals surface area contributed by atoms with Gasteiger partial charge in [0.2, 0.25) is 0 Å². The van der Waals surface area contributed by atoms with Crippen LogP contribution in [0, 0.1) is 0 Å².